The van der Waals surface area contributed by atoms with E-state index in [-0.39, 0.29) is 0 Å². The zero-order valence-electron chi connectivity index (χ0n) is 17.1. The Balaban J connectivity index is 0.000000513. The molecule has 0 heterocycles. The molecule has 0 amide bonds. The Morgan fingerprint density at radius 2 is 1.59 bits per heavy atom. The van der Waals surface area contributed by atoms with Crippen molar-refractivity contribution < 1.29 is 14.4 Å². The Labute approximate surface area is 178 Å². The molecule has 0 unspecified atom stereocenters. The van der Waals surface area contributed by atoms with Crippen molar-refractivity contribution in [3.05, 3.63) is 58.6 Å². The van der Waals surface area contributed by atoms with E-state index in [2.05, 4.69) is 13.0 Å². The van der Waals surface area contributed by atoms with Crippen LogP contribution in [0, 0.1) is 24.2 Å². The molecule has 154 valence electrons. The number of aryl methyl sites for hydroxylation is 1. The van der Waals surface area contributed by atoms with Crippen molar-refractivity contribution in [1.82, 2.24) is 0 Å². The van der Waals surface area contributed by atoms with E-state index in [0.29, 0.717) is 16.4 Å². The van der Waals surface area contributed by atoms with Crippen LogP contribution in [-0.2, 0) is 14.4 Å². The van der Waals surface area contributed by atoms with Gasteiger partial charge in [-0.2, -0.15) is 5.26 Å². The largest absolute Gasteiger partial charge is 0.307 e. The maximum atomic E-state index is 10.7. The van der Waals surface area contributed by atoms with Gasteiger partial charge in [0.2, 0.25) is 0 Å². The second-order valence-corrected chi connectivity index (χ2v) is 6.97. The Bertz CT molecular complexity index is 785. The predicted molar refractivity (Wildman–Crippen MR) is 118 cm³/mol. The number of hydrogen-bond acceptors (Lipinski definition) is 4. The standard InChI is InChI=1S/C14H10ClN.C8H14O.2CH2O/c1-10-2-5-12(6-3-10)13-7-4-11(9-16)8-14(13)15;1-2-7-3-5-8(9)6-4-7;2*1-2/h2-8H,1H3;7H,2-6H2,1H3;2*1H2. The minimum atomic E-state index is 0.472. The first-order chi connectivity index (χ1) is 14.0. The van der Waals surface area contributed by atoms with Crippen LogP contribution >= 0.6 is 11.6 Å². The lowest BCUT2D eigenvalue weighted by molar-refractivity contribution is -0.121. The molecule has 0 atom stereocenters. The molecule has 2 aromatic rings. The highest BCUT2D eigenvalue weighted by atomic mass is 35.5. The Morgan fingerprint density at radius 3 is 2.03 bits per heavy atom. The minimum Gasteiger partial charge on any atom is -0.307 e. The third-order valence-electron chi connectivity index (χ3n) is 4.70. The maximum Gasteiger partial charge on any atom is 0.132 e. The summed E-state index contributed by atoms with van der Waals surface area (Å²) in [6.45, 7) is 8.25. The van der Waals surface area contributed by atoms with E-state index < -0.39 is 0 Å². The molecule has 0 radical (unpaired) electrons. The molecule has 4 nitrogen and oxygen atoms in total. The third-order valence-corrected chi connectivity index (χ3v) is 5.01. The van der Waals surface area contributed by atoms with Crippen LogP contribution in [0.3, 0.4) is 0 Å². The first-order valence-electron chi connectivity index (χ1n) is 9.39. The van der Waals surface area contributed by atoms with Crippen molar-refractivity contribution in [2.45, 2.75) is 46.0 Å². The van der Waals surface area contributed by atoms with Gasteiger partial charge in [0.05, 0.1) is 11.6 Å². The highest BCUT2D eigenvalue weighted by Crippen LogP contribution is 2.28. The van der Waals surface area contributed by atoms with Gasteiger partial charge >= 0.3 is 0 Å². The minimum absolute atomic E-state index is 0.472. The monoisotopic (exact) mass is 413 g/mol. The fraction of sp³-hybridized carbons (Fsp3) is 0.333. The Morgan fingerprint density at radius 1 is 1.03 bits per heavy atom. The molecule has 2 aromatic carbocycles. The predicted octanol–water partition coefficient (Wildman–Crippen LogP) is 5.97. The van der Waals surface area contributed by atoms with Crippen molar-refractivity contribution in [3.63, 3.8) is 0 Å². The molecule has 3 rings (SSSR count). The number of benzene rings is 2. The van der Waals surface area contributed by atoms with E-state index >= 15 is 0 Å². The summed E-state index contributed by atoms with van der Waals surface area (Å²) in [5, 5.41) is 9.37. The molecule has 1 fully saturated rings. The smallest absolute Gasteiger partial charge is 0.132 e. The van der Waals surface area contributed by atoms with Crippen molar-refractivity contribution in [2.24, 2.45) is 5.92 Å². The van der Waals surface area contributed by atoms with Gasteiger partial charge in [-0.3, -0.25) is 4.79 Å². The second kappa shape index (κ2) is 15.2. The van der Waals surface area contributed by atoms with Crippen LogP contribution in [0.4, 0.5) is 0 Å². The number of carbonyl (C=O) groups excluding carboxylic acids is 3. The van der Waals surface area contributed by atoms with Gasteiger partial charge in [0, 0.05) is 23.4 Å². The normalized spacial score (nSPS) is 12.7. The van der Waals surface area contributed by atoms with Gasteiger partial charge in [0.25, 0.3) is 0 Å². The van der Waals surface area contributed by atoms with Gasteiger partial charge in [-0.05, 0) is 43.4 Å². The number of halogens is 1. The van der Waals surface area contributed by atoms with Gasteiger partial charge in [-0.25, -0.2) is 0 Å². The lowest BCUT2D eigenvalue weighted by Crippen LogP contribution is -2.12. The average Bonchev–Trinajstić information content (AvgIpc) is 2.78. The summed E-state index contributed by atoms with van der Waals surface area (Å²) in [5.41, 5.74) is 3.83. The van der Waals surface area contributed by atoms with Gasteiger partial charge in [0.1, 0.15) is 19.4 Å². The van der Waals surface area contributed by atoms with Crippen LogP contribution in [0.15, 0.2) is 42.5 Å². The first kappa shape index (κ1) is 26.2. The Hall–Kier alpha value is -2.77. The first-order valence-corrected chi connectivity index (χ1v) is 9.77. The molecule has 0 bridgehead atoms. The number of hydrogen-bond donors (Lipinski definition) is 0. The average molecular weight is 414 g/mol. The molecule has 1 aliphatic carbocycles. The molecule has 1 saturated carbocycles. The van der Waals surface area contributed by atoms with Gasteiger partial charge in [-0.1, -0.05) is 60.8 Å². The fourth-order valence-electron chi connectivity index (χ4n) is 2.96. The second-order valence-electron chi connectivity index (χ2n) is 6.56. The lowest BCUT2D eigenvalue weighted by atomic mass is 9.87. The zero-order valence-corrected chi connectivity index (χ0v) is 17.9. The fourth-order valence-corrected chi connectivity index (χ4v) is 3.25. The maximum absolute atomic E-state index is 10.7. The van der Waals surface area contributed by atoms with Crippen molar-refractivity contribution in [2.75, 3.05) is 0 Å². The van der Waals surface area contributed by atoms with Gasteiger partial charge < -0.3 is 9.59 Å². The summed E-state index contributed by atoms with van der Waals surface area (Å²) in [6, 6.07) is 15.6. The van der Waals surface area contributed by atoms with Gasteiger partial charge in [0.15, 0.2) is 0 Å². The van der Waals surface area contributed by atoms with E-state index in [1.165, 1.54) is 12.0 Å². The van der Waals surface area contributed by atoms with Crippen LogP contribution in [0.2, 0.25) is 5.02 Å². The van der Waals surface area contributed by atoms with Crippen LogP contribution < -0.4 is 0 Å². The zero-order chi connectivity index (χ0) is 22.2. The SMILES string of the molecule is C=O.C=O.CCC1CCC(=O)CC1.Cc1ccc(-c2ccc(C#N)cc2Cl)cc1. The van der Waals surface area contributed by atoms with Crippen molar-refractivity contribution in [3.8, 4) is 17.2 Å². The molecule has 0 spiro atoms. The number of carbonyl (C=O) groups is 3. The van der Waals surface area contributed by atoms with Crippen LogP contribution in [0.1, 0.15) is 50.2 Å². The molecule has 0 N–H and O–H groups in total. The summed E-state index contributed by atoms with van der Waals surface area (Å²) >= 11 is 6.13. The van der Waals surface area contributed by atoms with E-state index in [9.17, 15) is 4.79 Å². The van der Waals surface area contributed by atoms with Gasteiger partial charge in [-0.15, -0.1) is 0 Å². The molecule has 29 heavy (non-hydrogen) atoms. The third kappa shape index (κ3) is 9.32. The Kier molecular flexibility index (Phi) is 13.7. The van der Waals surface area contributed by atoms with E-state index in [4.69, 9.17) is 26.5 Å². The van der Waals surface area contributed by atoms with Crippen LogP contribution in [-0.4, -0.2) is 19.4 Å². The molecular weight excluding hydrogens is 386 g/mol. The molecule has 5 heteroatoms. The number of rotatable bonds is 2. The molecule has 1 aliphatic rings. The van der Waals surface area contributed by atoms with E-state index in [1.807, 2.05) is 50.8 Å². The number of nitriles is 1. The molecular formula is C24H28ClNO3. The summed E-state index contributed by atoms with van der Waals surface area (Å²) in [4.78, 5) is 26.7. The highest BCUT2D eigenvalue weighted by molar-refractivity contribution is 6.33. The van der Waals surface area contributed by atoms with E-state index in [1.54, 1.807) is 12.1 Å². The van der Waals surface area contributed by atoms with Crippen molar-refractivity contribution in [1.29, 1.82) is 5.26 Å². The summed E-state index contributed by atoms with van der Waals surface area (Å²) in [6.07, 6.45) is 5.24. The molecule has 0 aliphatic heterocycles. The number of nitrogens with zero attached hydrogens (tertiary/aromatic N) is 1. The topological polar surface area (TPSA) is 75.0 Å². The quantitative estimate of drug-likeness (QED) is 0.607. The molecule has 0 aromatic heterocycles. The van der Waals surface area contributed by atoms with Crippen LogP contribution in [0.25, 0.3) is 11.1 Å². The van der Waals surface area contributed by atoms with E-state index in [0.717, 1.165) is 42.7 Å². The summed E-state index contributed by atoms with van der Waals surface area (Å²) in [7, 11) is 0. The number of Topliss-reactive ketones (excluding diaryl/α,β-unsaturated/α-hetero) is 1. The highest BCUT2D eigenvalue weighted by Gasteiger charge is 2.16. The molecule has 0 saturated heterocycles. The van der Waals surface area contributed by atoms with Crippen LogP contribution in [0.5, 0.6) is 0 Å². The summed E-state index contributed by atoms with van der Waals surface area (Å²) in [5.74, 6) is 1.32. The number of ketones is 1. The summed E-state index contributed by atoms with van der Waals surface area (Å²) < 4.78 is 0. The lowest BCUT2D eigenvalue weighted by Gasteiger charge is -2.18. The van der Waals surface area contributed by atoms with Crippen molar-refractivity contribution >= 4 is 31.0 Å².